The normalized spacial score (nSPS) is 14.4. The van der Waals surface area contributed by atoms with E-state index < -0.39 is 34.0 Å². The van der Waals surface area contributed by atoms with Crippen molar-refractivity contribution in [2.24, 2.45) is 0 Å². The number of carbonyl (C=O) groups is 2. The molecule has 0 aliphatic carbocycles. The largest absolute Gasteiger partial charge is 0.490 e. The topological polar surface area (TPSA) is 137 Å². The Balaban J connectivity index is 0.000000509. The van der Waals surface area contributed by atoms with Crippen molar-refractivity contribution in [3.05, 3.63) is 47.9 Å². The van der Waals surface area contributed by atoms with Crippen LogP contribution in [0.5, 0.6) is 0 Å². The van der Waals surface area contributed by atoms with Crippen LogP contribution in [-0.2, 0) is 14.8 Å². The van der Waals surface area contributed by atoms with Gasteiger partial charge in [-0.15, -0.1) is 0 Å². The molecule has 0 spiro atoms. The van der Waals surface area contributed by atoms with Crippen molar-refractivity contribution in [1.82, 2.24) is 4.98 Å². The lowest BCUT2D eigenvalue weighted by Gasteiger charge is -2.23. The maximum absolute atomic E-state index is 13.3. The van der Waals surface area contributed by atoms with Crippen molar-refractivity contribution in [1.29, 1.82) is 0 Å². The quantitative estimate of drug-likeness (QED) is 0.521. The maximum atomic E-state index is 13.3. The maximum Gasteiger partial charge on any atom is 0.490 e. The van der Waals surface area contributed by atoms with Crippen LogP contribution in [0, 0.1) is 5.82 Å². The zero-order chi connectivity index (χ0) is 25.5. The highest BCUT2D eigenvalue weighted by Crippen LogP contribution is 2.25. The van der Waals surface area contributed by atoms with Crippen LogP contribution in [0.2, 0.25) is 0 Å². The number of hydrogen-bond acceptors (Lipinski definition) is 6. The fourth-order valence-corrected chi connectivity index (χ4v) is 4.12. The third kappa shape index (κ3) is 7.57. The minimum atomic E-state index is -5.08. The van der Waals surface area contributed by atoms with E-state index in [1.54, 1.807) is 0 Å². The highest BCUT2D eigenvalue weighted by atomic mass is 32.2. The number of aromatic carboxylic acids is 1. The van der Waals surface area contributed by atoms with Gasteiger partial charge in [-0.2, -0.15) is 13.2 Å². The first-order valence-electron chi connectivity index (χ1n) is 9.88. The van der Waals surface area contributed by atoms with Gasteiger partial charge in [0.2, 0.25) is 0 Å². The van der Waals surface area contributed by atoms with Crippen molar-refractivity contribution >= 4 is 33.5 Å². The highest BCUT2D eigenvalue weighted by molar-refractivity contribution is 7.92. The van der Waals surface area contributed by atoms with E-state index >= 15 is 0 Å². The number of pyridine rings is 1. The van der Waals surface area contributed by atoms with E-state index in [2.05, 4.69) is 9.71 Å². The summed E-state index contributed by atoms with van der Waals surface area (Å²) in [6.07, 6.45) is 0.280. The van der Waals surface area contributed by atoms with Gasteiger partial charge in [-0.25, -0.2) is 27.4 Å². The van der Waals surface area contributed by atoms with E-state index in [0.29, 0.717) is 18.9 Å². The molecular formula is C20H21F4N3O6S. The predicted molar refractivity (Wildman–Crippen MR) is 113 cm³/mol. The lowest BCUT2D eigenvalue weighted by atomic mass is 10.2. The van der Waals surface area contributed by atoms with Crippen LogP contribution in [-0.4, -0.2) is 54.8 Å². The number of halogens is 4. The molecule has 3 N–H and O–H groups in total. The Kier molecular flexibility index (Phi) is 8.79. The van der Waals surface area contributed by atoms with Gasteiger partial charge in [-0.3, -0.25) is 4.72 Å². The molecule has 3 rings (SSSR count). The van der Waals surface area contributed by atoms with E-state index in [9.17, 15) is 35.9 Å². The van der Waals surface area contributed by atoms with Crippen LogP contribution in [0.3, 0.4) is 0 Å². The number of carboxylic acid groups (broad SMARTS) is 2. The molecule has 0 saturated carbocycles. The fraction of sp³-hybridized carbons (Fsp3) is 0.350. The molecule has 1 fully saturated rings. The summed E-state index contributed by atoms with van der Waals surface area (Å²) < 4.78 is 72.1. The van der Waals surface area contributed by atoms with Gasteiger partial charge >= 0.3 is 18.1 Å². The van der Waals surface area contributed by atoms with E-state index in [1.165, 1.54) is 24.4 Å². The lowest BCUT2D eigenvalue weighted by molar-refractivity contribution is -0.192. The average molecular weight is 507 g/mol. The Hall–Kier alpha value is -3.42. The molecule has 1 aromatic carbocycles. The highest BCUT2D eigenvalue weighted by Gasteiger charge is 2.38. The van der Waals surface area contributed by atoms with Gasteiger partial charge < -0.3 is 15.1 Å². The van der Waals surface area contributed by atoms with E-state index in [4.69, 9.17) is 9.90 Å². The number of rotatable bonds is 5. The van der Waals surface area contributed by atoms with Crippen LogP contribution < -0.4 is 9.62 Å². The second-order valence-electron chi connectivity index (χ2n) is 7.17. The molecule has 14 heteroatoms. The summed E-state index contributed by atoms with van der Waals surface area (Å²) in [5, 5.41) is 16.7. The zero-order valence-corrected chi connectivity index (χ0v) is 18.4. The molecule has 1 aromatic heterocycles. The minimum Gasteiger partial charge on any atom is -0.478 e. The summed E-state index contributed by atoms with van der Waals surface area (Å²) in [7, 11) is -4.06. The molecule has 1 aliphatic heterocycles. The van der Waals surface area contributed by atoms with Gasteiger partial charge in [0.05, 0.1) is 16.8 Å². The van der Waals surface area contributed by atoms with E-state index in [1.807, 2.05) is 4.90 Å². The second kappa shape index (κ2) is 11.1. The molecule has 2 aromatic rings. The number of sulfonamides is 1. The van der Waals surface area contributed by atoms with Gasteiger partial charge in [0.25, 0.3) is 10.0 Å². The van der Waals surface area contributed by atoms with E-state index in [-0.39, 0.29) is 16.1 Å². The average Bonchev–Trinajstić information content (AvgIpc) is 3.02. The Morgan fingerprint density at radius 2 is 1.62 bits per heavy atom. The molecule has 1 aliphatic rings. The summed E-state index contributed by atoms with van der Waals surface area (Å²) in [6, 6.07) is 5.81. The third-order valence-electron chi connectivity index (χ3n) is 4.60. The Bertz CT molecular complexity index is 1130. The molecule has 0 unspecified atom stereocenters. The number of carboxylic acids is 2. The Labute approximate surface area is 192 Å². The van der Waals surface area contributed by atoms with Gasteiger partial charge in [-0.05, 0) is 37.1 Å². The number of nitrogens with one attached hydrogen (secondary N) is 1. The van der Waals surface area contributed by atoms with Crippen molar-refractivity contribution in [2.75, 3.05) is 22.7 Å². The predicted octanol–water partition coefficient (Wildman–Crippen LogP) is 3.73. The van der Waals surface area contributed by atoms with Gasteiger partial charge in [-0.1, -0.05) is 18.9 Å². The molecular weight excluding hydrogens is 486 g/mol. The standard InChI is InChI=1S/C18H20FN3O4S.C2HF3O2/c19-13-6-5-7-15(10-13)27(25,26)21-14-11-16(18(23)24)17(20-12-14)22-8-3-1-2-4-9-22;3-2(4,5)1(6)7/h5-7,10-12,21H,1-4,8-9H2,(H,23,24);(H,6,7). The summed E-state index contributed by atoms with van der Waals surface area (Å²) >= 11 is 0. The molecule has 2 heterocycles. The molecule has 1 saturated heterocycles. The van der Waals surface area contributed by atoms with Crippen molar-refractivity contribution in [3.63, 3.8) is 0 Å². The molecule has 9 nitrogen and oxygen atoms in total. The number of alkyl halides is 3. The zero-order valence-electron chi connectivity index (χ0n) is 17.5. The van der Waals surface area contributed by atoms with Crippen LogP contribution in [0.4, 0.5) is 29.1 Å². The molecule has 186 valence electrons. The summed E-state index contributed by atoms with van der Waals surface area (Å²) in [5.74, 6) is -4.29. The second-order valence-corrected chi connectivity index (χ2v) is 8.85. The molecule has 0 radical (unpaired) electrons. The van der Waals surface area contributed by atoms with Gasteiger partial charge in [0, 0.05) is 13.1 Å². The summed E-state index contributed by atoms with van der Waals surface area (Å²) in [6.45, 7) is 1.42. The lowest BCUT2D eigenvalue weighted by Crippen LogP contribution is -2.27. The number of aromatic nitrogens is 1. The number of nitrogens with zero attached hydrogens (tertiary/aromatic N) is 2. The van der Waals surface area contributed by atoms with Crippen LogP contribution in [0.25, 0.3) is 0 Å². The monoisotopic (exact) mass is 507 g/mol. The fourth-order valence-electron chi connectivity index (χ4n) is 3.05. The first kappa shape index (κ1) is 26.8. The SMILES string of the molecule is O=C(O)C(F)(F)F.O=C(O)c1cc(NS(=O)(=O)c2cccc(F)c2)cnc1N1CCCCCC1. The number of benzene rings is 1. The molecule has 0 bridgehead atoms. The van der Waals surface area contributed by atoms with Crippen LogP contribution in [0.15, 0.2) is 41.4 Å². The summed E-state index contributed by atoms with van der Waals surface area (Å²) in [4.78, 5) is 26.5. The molecule has 34 heavy (non-hydrogen) atoms. The van der Waals surface area contributed by atoms with Gasteiger partial charge in [0.15, 0.2) is 0 Å². The van der Waals surface area contributed by atoms with Crippen molar-refractivity contribution < 1.29 is 45.8 Å². The van der Waals surface area contributed by atoms with Crippen LogP contribution in [0.1, 0.15) is 36.0 Å². The smallest absolute Gasteiger partial charge is 0.478 e. The van der Waals surface area contributed by atoms with Crippen molar-refractivity contribution in [2.45, 2.75) is 36.8 Å². The Morgan fingerprint density at radius 3 is 2.12 bits per heavy atom. The number of hydrogen-bond donors (Lipinski definition) is 3. The molecule has 0 atom stereocenters. The third-order valence-corrected chi connectivity index (χ3v) is 5.98. The van der Waals surface area contributed by atoms with Crippen molar-refractivity contribution in [3.8, 4) is 0 Å². The first-order chi connectivity index (χ1) is 15.8. The van der Waals surface area contributed by atoms with Crippen LogP contribution >= 0.6 is 0 Å². The Morgan fingerprint density at radius 1 is 1.03 bits per heavy atom. The summed E-state index contributed by atoms with van der Waals surface area (Å²) in [5.41, 5.74) is -0.0634. The molecule has 0 amide bonds. The number of anilines is 2. The number of aliphatic carboxylic acids is 1. The van der Waals surface area contributed by atoms with E-state index in [0.717, 1.165) is 37.8 Å². The van der Waals surface area contributed by atoms with Gasteiger partial charge in [0.1, 0.15) is 17.2 Å². The first-order valence-corrected chi connectivity index (χ1v) is 11.4. The minimum absolute atomic E-state index is 0.00948.